The van der Waals surface area contributed by atoms with Gasteiger partial charge in [-0.1, -0.05) is 0 Å². The summed E-state index contributed by atoms with van der Waals surface area (Å²) in [6.07, 6.45) is 0. The fourth-order valence-corrected chi connectivity index (χ4v) is 0.953. The lowest BCUT2D eigenvalue weighted by Gasteiger charge is -1.95. The Morgan fingerprint density at radius 3 is 1.39 bits per heavy atom. The third-order valence-electron chi connectivity index (χ3n) is 0.885. The second-order valence-electron chi connectivity index (χ2n) is 2.34. The number of hydrogen-bond donors (Lipinski definition) is 6. The third-order valence-corrected chi connectivity index (χ3v) is 1.66. The van der Waals surface area contributed by atoms with Crippen molar-refractivity contribution >= 4 is 44.2 Å². The maximum atomic E-state index is 7.95. The quantitative estimate of drug-likeness (QED) is 0.197. The SMILES string of the molecule is CCN=C(N)S.CCN=C(N)S.CCOP(O)O. The molecular weight excluding hydrogens is 295 g/mol. The smallest absolute Gasteiger partial charge is 0.327 e. The first kappa shape index (κ1) is 23.1. The van der Waals surface area contributed by atoms with Gasteiger partial charge in [-0.2, -0.15) is 0 Å². The van der Waals surface area contributed by atoms with E-state index in [-0.39, 0.29) is 0 Å². The van der Waals surface area contributed by atoms with Gasteiger partial charge in [0.05, 0.1) is 6.61 Å². The van der Waals surface area contributed by atoms with Gasteiger partial charge in [0, 0.05) is 13.1 Å². The Hall–Kier alpha value is -0.0500. The lowest BCUT2D eigenvalue weighted by Crippen LogP contribution is -2.01. The highest BCUT2D eigenvalue weighted by Gasteiger charge is 1.91. The largest absolute Gasteiger partial charge is 0.379 e. The molecule has 0 amide bonds. The molecule has 0 aromatic carbocycles. The molecule has 0 aliphatic heterocycles. The molecule has 0 fully saturated rings. The average molecular weight is 318 g/mol. The van der Waals surface area contributed by atoms with Crippen LogP contribution in [0.1, 0.15) is 20.8 Å². The van der Waals surface area contributed by atoms with E-state index >= 15 is 0 Å². The van der Waals surface area contributed by atoms with Gasteiger partial charge in [0.25, 0.3) is 0 Å². The van der Waals surface area contributed by atoms with E-state index < -0.39 is 8.60 Å². The topological polar surface area (TPSA) is 126 Å². The number of hydrogen-bond acceptors (Lipinski definition) is 5. The van der Waals surface area contributed by atoms with Gasteiger partial charge in [-0.15, -0.1) is 25.3 Å². The minimum Gasteiger partial charge on any atom is -0.379 e. The highest BCUT2D eigenvalue weighted by molar-refractivity contribution is 7.97. The van der Waals surface area contributed by atoms with Gasteiger partial charge in [0.1, 0.15) is 0 Å². The van der Waals surface area contributed by atoms with Crippen molar-refractivity contribution in [2.24, 2.45) is 21.5 Å². The molecule has 18 heavy (non-hydrogen) atoms. The molecule has 0 saturated carbocycles. The summed E-state index contributed by atoms with van der Waals surface area (Å²) in [4.78, 5) is 23.3. The highest BCUT2D eigenvalue weighted by Crippen LogP contribution is 2.22. The molecular formula is C8H23N4O3PS2. The Morgan fingerprint density at radius 1 is 1.06 bits per heavy atom. The fourth-order valence-electron chi connectivity index (χ4n) is 0.439. The van der Waals surface area contributed by atoms with Gasteiger partial charge >= 0.3 is 8.60 Å². The molecule has 0 spiro atoms. The number of nitrogens with two attached hydrogens (primary N) is 2. The van der Waals surface area contributed by atoms with Crippen LogP contribution >= 0.6 is 33.9 Å². The second kappa shape index (κ2) is 19.3. The highest BCUT2D eigenvalue weighted by atomic mass is 32.1. The summed E-state index contributed by atoms with van der Waals surface area (Å²) in [7, 11) is -2.10. The summed E-state index contributed by atoms with van der Waals surface area (Å²) in [5, 5.41) is 0.718. The second-order valence-corrected chi connectivity index (χ2v) is 4.02. The molecule has 0 bridgehead atoms. The van der Waals surface area contributed by atoms with Crippen molar-refractivity contribution < 1.29 is 14.3 Å². The zero-order valence-corrected chi connectivity index (χ0v) is 13.5. The van der Waals surface area contributed by atoms with Crippen molar-refractivity contribution in [3.8, 4) is 0 Å². The summed E-state index contributed by atoms with van der Waals surface area (Å²) in [6.45, 7) is 7.30. The standard InChI is InChI=1S/2C3H8N2S.C2H7O3P/c2*1-2-5-3(4)6;1-2-5-6(3)4/h2*2H2,1H3,(H3,4,5,6);3-4H,2H2,1H3. The maximum absolute atomic E-state index is 7.95. The zero-order chi connectivity index (χ0) is 15.0. The normalized spacial score (nSPS) is 11.3. The fraction of sp³-hybridized carbons (Fsp3) is 0.750. The Balaban J connectivity index is -0.000000187. The summed E-state index contributed by atoms with van der Waals surface area (Å²) >= 11 is 7.41. The molecule has 0 rings (SSSR count). The van der Waals surface area contributed by atoms with Crippen LogP contribution in [0.4, 0.5) is 0 Å². The number of rotatable bonds is 4. The predicted octanol–water partition coefficient (Wildman–Crippen LogP) is 0.736. The van der Waals surface area contributed by atoms with E-state index in [1.807, 2.05) is 13.8 Å². The molecule has 0 saturated heterocycles. The van der Waals surface area contributed by atoms with Gasteiger partial charge in [0.2, 0.25) is 0 Å². The van der Waals surface area contributed by atoms with Gasteiger partial charge in [-0.25, -0.2) is 0 Å². The van der Waals surface area contributed by atoms with Crippen LogP contribution in [0.3, 0.4) is 0 Å². The van der Waals surface area contributed by atoms with Crippen LogP contribution in [0.2, 0.25) is 0 Å². The van der Waals surface area contributed by atoms with E-state index in [0.29, 0.717) is 16.9 Å². The van der Waals surface area contributed by atoms with Crippen LogP contribution in [0.25, 0.3) is 0 Å². The summed E-state index contributed by atoms with van der Waals surface area (Å²) in [6, 6.07) is 0. The summed E-state index contributed by atoms with van der Waals surface area (Å²) in [5.74, 6) is 0. The molecule has 10 heteroatoms. The average Bonchev–Trinajstić information content (AvgIpc) is 2.18. The van der Waals surface area contributed by atoms with E-state index in [1.54, 1.807) is 6.92 Å². The first-order valence-corrected chi connectivity index (χ1v) is 7.16. The van der Waals surface area contributed by atoms with Crippen LogP contribution in [0, 0.1) is 0 Å². The lowest BCUT2D eigenvalue weighted by molar-refractivity contribution is 0.269. The van der Waals surface area contributed by atoms with Crippen LogP contribution in [-0.2, 0) is 4.52 Å². The van der Waals surface area contributed by atoms with Crippen molar-refractivity contribution in [2.45, 2.75) is 20.8 Å². The molecule has 0 aromatic heterocycles. The molecule has 0 radical (unpaired) electrons. The van der Waals surface area contributed by atoms with E-state index in [2.05, 4.69) is 39.8 Å². The Labute approximate surface area is 121 Å². The molecule has 0 heterocycles. The maximum Gasteiger partial charge on any atom is 0.327 e. The zero-order valence-electron chi connectivity index (χ0n) is 10.8. The lowest BCUT2D eigenvalue weighted by atomic mass is 10.8. The molecule has 110 valence electrons. The number of nitrogens with zero attached hydrogens (tertiary/aromatic N) is 2. The van der Waals surface area contributed by atoms with E-state index in [9.17, 15) is 0 Å². The van der Waals surface area contributed by atoms with Gasteiger partial charge in [0.15, 0.2) is 10.3 Å². The Morgan fingerprint density at radius 2 is 1.39 bits per heavy atom. The Bertz CT molecular complexity index is 204. The van der Waals surface area contributed by atoms with Crippen molar-refractivity contribution in [1.29, 1.82) is 0 Å². The van der Waals surface area contributed by atoms with Gasteiger partial charge in [-0.05, 0) is 20.8 Å². The minimum absolute atomic E-state index is 0.359. The number of aliphatic imine (C=N–C) groups is 2. The first-order chi connectivity index (χ1) is 8.31. The summed E-state index contributed by atoms with van der Waals surface area (Å²) in [5.41, 5.74) is 10.0. The van der Waals surface area contributed by atoms with Crippen molar-refractivity contribution in [3.63, 3.8) is 0 Å². The van der Waals surface area contributed by atoms with E-state index in [0.717, 1.165) is 13.1 Å². The van der Waals surface area contributed by atoms with Crippen LogP contribution in [0.15, 0.2) is 9.98 Å². The molecule has 0 unspecified atom stereocenters. The van der Waals surface area contributed by atoms with Crippen LogP contribution in [-0.4, -0.2) is 39.8 Å². The molecule has 7 nitrogen and oxygen atoms in total. The van der Waals surface area contributed by atoms with Crippen molar-refractivity contribution in [3.05, 3.63) is 0 Å². The van der Waals surface area contributed by atoms with Crippen LogP contribution in [0.5, 0.6) is 0 Å². The molecule has 0 aliphatic rings. The molecule has 6 N–H and O–H groups in total. The van der Waals surface area contributed by atoms with E-state index in [4.69, 9.17) is 21.3 Å². The predicted molar refractivity (Wildman–Crippen MR) is 85.3 cm³/mol. The summed E-state index contributed by atoms with van der Waals surface area (Å²) < 4.78 is 4.22. The van der Waals surface area contributed by atoms with Crippen molar-refractivity contribution in [2.75, 3.05) is 19.7 Å². The van der Waals surface area contributed by atoms with Gasteiger partial charge in [-0.3, -0.25) is 9.98 Å². The van der Waals surface area contributed by atoms with Crippen molar-refractivity contribution in [1.82, 2.24) is 0 Å². The minimum atomic E-state index is -2.10. The molecule has 0 atom stereocenters. The first-order valence-electron chi connectivity index (χ1n) is 5.10. The van der Waals surface area contributed by atoms with Crippen LogP contribution < -0.4 is 11.5 Å². The Kier molecular flexibility index (Phi) is 24.7. The third kappa shape index (κ3) is 44.5. The monoisotopic (exact) mass is 318 g/mol. The number of amidine groups is 2. The number of thiol groups is 2. The molecule has 0 aromatic rings. The molecule has 0 aliphatic carbocycles. The van der Waals surface area contributed by atoms with Gasteiger partial charge < -0.3 is 25.8 Å². The van der Waals surface area contributed by atoms with E-state index in [1.165, 1.54) is 0 Å².